The number of nitrogens with one attached hydrogen (secondary N) is 1. The SMILES string of the molecule is CCc1nn(CC)c(CNc2cnn(C)c2)c1Br. The number of hydrogen-bond acceptors (Lipinski definition) is 3. The van der Waals surface area contributed by atoms with Crippen LogP contribution in [0, 0.1) is 0 Å². The van der Waals surface area contributed by atoms with Crippen molar-refractivity contribution in [2.75, 3.05) is 5.32 Å². The number of anilines is 1. The van der Waals surface area contributed by atoms with Crippen molar-refractivity contribution in [2.24, 2.45) is 7.05 Å². The Morgan fingerprint density at radius 2 is 2.17 bits per heavy atom. The second-order valence-corrected chi connectivity index (χ2v) is 4.93. The third-order valence-corrected chi connectivity index (χ3v) is 3.77. The van der Waals surface area contributed by atoms with Gasteiger partial charge in [-0.1, -0.05) is 6.92 Å². The van der Waals surface area contributed by atoms with E-state index in [1.54, 1.807) is 4.68 Å². The summed E-state index contributed by atoms with van der Waals surface area (Å²) in [4.78, 5) is 0. The Morgan fingerprint density at radius 3 is 2.72 bits per heavy atom. The number of hydrogen-bond donors (Lipinski definition) is 1. The molecular formula is C12H18BrN5. The van der Waals surface area contributed by atoms with Crippen LogP contribution in [0.5, 0.6) is 0 Å². The molecule has 0 bridgehead atoms. The summed E-state index contributed by atoms with van der Waals surface area (Å²) < 4.78 is 4.93. The van der Waals surface area contributed by atoms with Gasteiger partial charge in [-0.25, -0.2) is 0 Å². The molecule has 0 radical (unpaired) electrons. The van der Waals surface area contributed by atoms with Gasteiger partial charge in [0.1, 0.15) is 0 Å². The van der Waals surface area contributed by atoms with E-state index in [2.05, 4.69) is 45.3 Å². The molecule has 2 heterocycles. The standard InChI is InChI=1S/C12H18BrN5/c1-4-10-12(13)11(18(5-2)16-10)7-14-9-6-15-17(3)8-9/h6,8,14H,4-5,7H2,1-3H3. The highest BCUT2D eigenvalue weighted by Gasteiger charge is 2.13. The van der Waals surface area contributed by atoms with Gasteiger partial charge in [0.15, 0.2) is 0 Å². The van der Waals surface area contributed by atoms with Gasteiger partial charge in [-0.2, -0.15) is 10.2 Å². The summed E-state index contributed by atoms with van der Waals surface area (Å²) in [5.41, 5.74) is 3.31. The summed E-state index contributed by atoms with van der Waals surface area (Å²) >= 11 is 3.64. The molecule has 0 amide bonds. The monoisotopic (exact) mass is 311 g/mol. The Hall–Kier alpha value is -1.30. The van der Waals surface area contributed by atoms with E-state index >= 15 is 0 Å². The fraction of sp³-hybridized carbons (Fsp3) is 0.500. The van der Waals surface area contributed by atoms with Gasteiger partial charge in [-0.15, -0.1) is 0 Å². The van der Waals surface area contributed by atoms with Gasteiger partial charge in [0.2, 0.25) is 0 Å². The molecule has 0 aliphatic carbocycles. The first-order chi connectivity index (χ1) is 8.65. The minimum Gasteiger partial charge on any atom is -0.377 e. The predicted molar refractivity (Wildman–Crippen MR) is 75.5 cm³/mol. The Morgan fingerprint density at radius 1 is 1.39 bits per heavy atom. The van der Waals surface area contributed by atoms with E-state index in [-0.39, 0.29) is 0 Å². The first-order valence-corrected chi connectivity index (χ1v) is 6.91. The molecule has 2 aromatic heterocycles. The van der Waals surface area contributed by atoms with Crippen molar-refractivity contribution in [3.05, 3.63) is 28.3 Å². The minimum absolute atomic E-state index is 0.743. The molecule has 0 atom stereocenters. The summed E-state index contributed by atoms with van der Waals surface area (Å²) in [6, 6.07) is 0. The van der Waals surface area contributed by atoms with Crippen LogP contribution in [0.15, 0.2) is 16.9 Å². The van der Waals surface area contributed by atoms with E-state index in [9.17, 15) is 0 Å². The molecule has 0 fully saturated rings. The van der Waals surface area contributed by atoms with Gasteiger partial charge in [-0.05, 0) is 29.3 Å². The van der Waals surface area contributed by atoms with Gasteiger partial charge in [-0.3, -0.25) is 9.36 Å². The molecule has 0 aromatic carbocycles. The zero-order valence-corrected chi connectivity index (χ0v) is 12.5. The van der Waals surface area contributed by atoms with Crippen LogP contribution >= 0.6 is 15.9 Å². The summed E-state index contributed by atoms with van der Waals surface area (Å²) in [5, 5.41) is 12.1. The summed E-state index contributed by atoms with van der Waals surface area (Å²) in [6.07, 6.45) is 4.72. The van der Waals surface area contributed by atoms with E-state index < -0.39 is 0 Å². The van der Waals surface area contributed by atoms with E-state index in [0.717, 1.165) is 35.4 Å². The van der Waals surface area contributed by atoms with Crippen LogP contribution in [0.4, 0.5) is 5.69 Å². The molecule has 0 saturated carbocycles. The van der Waals surface area contributed by atoms with Crippen molar-refractivity contribution >= 4 is 21.6 Å². The summed E-state index contributed by atoms with van der Waals surface area (Å²) in [5.74, 6) is 0. The largest absolute Gasteiger partial charge is 0.377 e. The molecule has 0 aliphatic heterocycles. The molecule has 5 nitrogen and oxygen atoms in total. The first kappa shape index (κ1) is 13.1. The molecule has 18 heavy (non-hydrogen) atoms. The van der Waals surface area contributed by atoms with E-state index in [1.165, 1.54) is 5.69 Å². The van der Waals surface area contributed by atoms with E-state index in [1.807, 2.05) is 24.1 Å². The van der Waals surface area contributed by atoms with Crippen LogP contribution < -0.4 is 5.32 Å². The van der Waals surface area contributed by atoms with Gasteiger partial charge in [0, 0.05) is 19.8 Å². The van der Waals surface area contributed by atoms with Crippen molar-refractivity contribution in [3.8, 4) is 0 Å². The molecule has 0 unspecified atom stereocenters. The fourth-order valence-corrected chi connectivity index (χ4v) is 2.59. The summed E-state index contributed by atoms with van der Waals surface area (Å²) in [7, 11) is 1.91. The number of aryl methyl sites for hydroxylation is 3. The topological polar surface area (TPSA) is 47.7 Å². The maximum Gasteiger partial charge on any atom is 0.0767 e. The van der Waals surface area contributed by atoms with Crippen molar-refractivity contribution < 1.29 is 0 Å². The molecule has 0 saturated heterocycles. The number of aromatic nitrogens is 4. The third kappa shape index (κ3) is 2.58. The fourth-order valence-electron chi connectivity index (χ4n) is 1.88. The third-order valence-electron chi connectivity index (χ3n) is 2.86. The lowest BCUT2D eigenvalue weighted by Crippen LogP contribution is -2.08. The molecular weight excluding hydrogens is 294 g/mol. The smallest absolute Gasteiger partial charge is 0.0767 e. The first-order valence-electron chi connectivity index (χ1n) is 6.12. The molecule has 0 spiro atoms. The quantitative estimate of drug-likeness (QED) is 0.923. The van der Waals surface area contributed by atoms with Crippen LogP contribution in [0.3, 0.4) is 0 Å². The van der Waals surface area contributed by atoms with Crippen molar-refractivity contribution in [1.82, 2.24) is 19.6 Å². The molecule has 0 aliphatic rings. The molecule has 1 N–H and O–H groups in total. The highest BCUT2D eigenvalue weighted by molar-refractivity contribution is 9.10. The number of nitrogens with zero attached hydrogens (tertiary/aromatic N) is 4. The zero-order valence-electron chi connectivity index (χ0n) is 10.9. The van der Waals surface area contributed by atoms with Crippen LogP contribution in [0.2, 0.25) is 0 Å². The van der Waals surface area contributed by atoms with E-state index in [4.69, 9.17) is 0 Å². The van der Waals surface area contributed by atoms with Gasteiger partial charge in [0.25, 0.3) is 0 Å². The van der Waals surface area contributed by atoms with Crippen LogP contribution in [-0.2, 0) is 26.6 Å². The average Bonchev–Trinajstić information content (AvgIpc) is 2.91. The number of halogens is 1. The normalized spacial score (nSPS) is 10.9. The lowest BCUT2D eigenvalue weighted by molar-refractivity contribution is 0.619. The molecule has 98 valence electrons. The minimum atomic E-state index is 0.743. The van der Waals surface area contributed by atoms with Crippen LogP contribution in [-0.4, -0.2) is 19.6 Å². The van der Waals surface area contributed by atoms with Crippen molar-refractivity contribution in [2.45, 2.75) is 33.4 Å². The van der Waals surface area contributed by atoms with Gasteiger partial charge < -0.3 is 5.32 Å². The zero-order chi connectivity index (χ0) is 13.1. The second kappa shape index (κ2) is 5.56. The van der Waals surface area contributed by atoms with Crippen LogP contribution in [0.25, 0.3) is 0 Å². The Bertz CT molecular complexity index is 529. The maximum atomic E-state index is 4.57. The molecule has 6 heteroatoms. The van der Waals surface area contributed by atoms with Crippen molar-refractivity contribution in [1.29, 1.82) is 0 Å². The number of rotatable bonds is 5. The Balaban J connectivity index is 2.15. The Labute approximate surface area is 115 Å². The maximum absolute atomic E-state index is 4.57. The average molecular weight is 312 g/mol. The predicted octanol–water partition coefficient (Wildman–Crippen LogP) is 2.57. The lowest BCUT2D eigenvalue weighted by Gasteiger charge is -2.06. The van der Waals surface area contributed by atoms with Crippen molar-refractivity contribution in [3.63, 3.8) is 0 Å². The highest BCUT2D eigenvalue weighted by atomic mass is 79.9. The van der Waals surface area contributed by atoms with Gasteiger partial charge in [0.05, 0.1) is 34.3 Å². The van der Waals surface area contributed by atoms with E-state index in [0.29, 0.717) is 0 Å². The highest BCUT2D eigenvalue weighted by Crippen LogP contribution is 2.23. The second-order valence-electron chi connectivity index (χ2n) is 4.13. The Kier molecular flexibility index (Phi) is 4.06. The molecule has 2 rings (SSSR count). The molecule has 2 aromatic rings. The lowest BCUT2D eigenvalue weighted by atomic mass is 10.3. The van der Waals surface area contributed by atoms with Crippen LogP contribution in [0.1, 0.15) is 25.2 Å². The summed E-state index contributed by atoms with van der Waals surface area (Å²) in [6.45, 7) is 5.84. The van der Waals surface area contributed by atoms with Gasteiger partial charge >= 0.3 is 0 Å².